The molecule has 0 saturated heterocycles. The summed E-state index contributed by atoms with van der Waals surface area (Å²) in [5, 5.41) is 3.45. The van der Waals surface area contributed by atoms with E-state index in [1.807, 2.05) is 6.92 Å². The van der Waals surface area contributed by atoms with E-state index in [1.54, 1.807) is 7.11 Å². The molecule has 1 N–H and O–H groups in total. The van der Waals surface area contributed by atoms with E-state index in [9.17, 15) is 0 Å². The molecule has 0 bridgehead atoms. The van der Waals surface area contributed by atoms with E-state index in [4.69, 9.17) is 4.74 Å². The van der Waals surface area contributed by atoms with Crippen LogP contribution in [0, 0.1) is 6.92 Å². The summed E-state index contributed by atoms with van der Waals surface area (Å²) in [4.78, 5) is 6.99. The summed E-state index contributed by atoms with van der Waals surface area (Å²) >= 11 is 0. The van der Waals surface area contributed by atoms with Crippen LogP contribution >= 0.6 is 0 Å². The smallest absolute Gasteiger partial charge is 0.203 e. The molecule has 0 atom stereocenters. The van der Waals surface area contributed by atoms with Gasteiger partial charge in [-0.1, -0.05) is 13.8 Å². The van der Waals surface area contributed by atoms with E-state index in [2.05, 4.69) is 39.8 Å². The van der Waals surface area contributed by atoms with E-state index in [0.717, 1.165) is 63.8 Å². The van der Waals surface area contributed by atoms with E-state index in [0.29, 0.717) is 0 Å². The third-order valence-electron chi connectivity index (χ3n) is 3.47. The van der Waals surface area contributed by atoms with Crippen molar-refractivity contribution < 1.29 is 4.74 Å². The van der Waals surface area contributed by atoms with Gasteiger partial charge in [-0.05, 0) is 39.4 Å². The van der Waals surface area contributed by atoms with Crippen LogP contribution in [-0.2, 0) is 11.3 Å². The van der Waals surface area contributed by atoms with Crippen molar-refractivity contribution >= 4 is 5.95 Å². The number of imidazole rings is 1. The number of hydrogen-bond acceptors (Lipinski definition) is 4. The summed E-state index contributed by atoms with van der Waals surface area (Å²) in [6.07, 6.45) is 4.26. The van der Waals surface area contributed by atoms with Crippen molar-refractivity contribution in [3.63, 3.8) is 0 Å². The number of nitrogens with one attached hydrogen (secondary N) is 1. The first kappa shape index (κ1) is 17.0. The molecule has 20 heavy (non-hydrogen) atoms. The van der Waals surface area contributed by atoms with Crippen molar-refractivity contribution in [3.05, 3.63) is 11.9 Å². The molecule has 0 saturated carbocycles. The van der Waals surface area contributed by atoms with Crippen LogP contribution in [0.25, 0.3) is 0 Å². The topological polar surface area (TPSA) is 42.3 Å². The minimum absolute atomic E-state index is 0.790. The predicted molar refractivity (Wildman–Crippen MR) is 84.4 cm³/mol. The number of rotatable bonds is 11. The number of aryl methyl sites for hydroxylation is 2. The molecule has 0 aliphatic rings. The van der Waals surface area contributed by atoms with Gasteiger partial charge in [-0.15, -0.1) is 0 Å². The highest BCUT2D eigenvalue weighted by Crippen LogP contribution is 2.09. The lowest BCUT2D eigenvalue weighted by Crippen LogP contribution is -2.25. The predicted octanol–water partition coefficient (Wildman–Crippen LogP) is 2.37. The zero-order valence-electron chi connectivity index (χ0n) is 13.5. The molecule has 0 fully saturated rings. The number of nitrogens with zero attached hydrogens (tertiary/aromatic N) is 3. The number of anilines is 1. The van der Waals surface area contributed by atoms with Crippen LogP contribution in [0.2, 0.25) is 0 Å². The molecular formula is C15H30N4O. The molecule has 5 heteroatoms. The van der Waals surface area contributed by atoms with Crippen molar-refractivity contribution in [2.45, 2.75) is 40.2 Å². The Labute approximate surface area is 123 Å². The first-order chi connectivity index (χ1) is 9.71. The number of methoxy groups -OCH3 is 1. The Morgan fingerprint density at radius 1 is 1.30 bits per heavy atom. The summed E-state index contributed by atoms with van der Waals surface area (Å²) in [5.41, 5.74) is 1.06. The largest absolute Gasteiger partial charge is 0.385 e. The maximum atomic E-state index is 5.10. The molecular weight excluding hydrogens is 252 g/mol. The Balaban J connectivity index is 2.35. The summed E-state index contributed by atoms with van der Waals surface area (Å²) in [6, 6.07) is 0. The minimum atomic E-state index is 0.790. The molecule has 0 amide bonds. The molecule has 1 heterocycles. The van der Waals surface area contributed by atoms with E-state index >= 15 is 0 Å². The van der Waals surface area contributed by atoms with Gasteiger partial charge in [0.15, 0.2) is 0 Å². The number of ether oxygens (including phenoxy) is 1. The molecule has 0 aliphatic carbocycles. The lowest BCUT2D eigenvalue weighted by Gasteiger charge is -2.18. The van der Waals surface area contributed by atoms with E-state index < -0.39 is 0 Å². The SMILES string of the molecule is CCN(CC)CCCNc1nc(C)cn1CCCOC. The maximum Gasteiger partial charge on any atom is 0.203 e. The van der Waals surface area contributed by atoms with Crippen LogP contribution in [0.1, 0.15) is 32.4 Å². The highest BCUT2D eigenvalue weighted by molar-refractivity contribution is 5.28. The van der Waals surface area contributed by atoms with E-state index in [-0.39, 0.29) is 0 Å². The zero-order valence-corrected chi connectivity index (χ0v) is 13.5. The second-order valence-corrected chi connectivity index (χ2v) is 5.05. The highest BCUT2D eigenvalue weighted by atomic mass is 16.5. The van der Waals surface area contributed by atoms with Gasteiger partial charge in [0.25, 0.3) is 0 Å². The van der Waals surface area contributed by atoms with Gasteiger partial charge in [0.1, 0.15) is 0 Å². The fourth-order valence-electron chi connectivity index (χ4n) is 2.28. The highest BCUT2D eigenvalue weighted by Gasteiger charge is 2.05. The van der Waals surface area contributed by atoms with Crippen LogP contribution in [0.4, 0.5) is 5.95 Å². The van der Waals surface area contributed by atoms with Crippen molar-refractivity contribution in [2.75, 3.05) is 45.2 Å². The third-order valence-corrected chi connectivity index (χ3v) is 3.47. The second-order valence-electron chi connectivity index (χ2n) is 5.05. The maximum absolute atomic E-state index is 5.10. The molecule has 1 rings (SSSR count). The summed E-state index contributed by atoms with van der Waals surface area (Å²) in [6.45, 7) is 12.6. The summed E-state index contributed by atoms with van der Waals surface area (Å²) in [7, 11) is 1.74. The van der Waals surface area contributed by atoms with Gasteiger partial charge in [-0.2, -0.15) is 0 Å². The van der Waals surface area contributed by atoms with Gasteiger partial charge in [-0.3, -0.25) is 0 Å². The van der Waals surface area contributed by atoms with Gasteiger partial charge < -0.3 is 19.5 Å². The van der Waals surface area contributed by atoms with Gasteiger partial charge in [0, 0.05) is 33.0 Å². The summed E-state index contributed by atoms with van der Waals surface area (Å²) in [5.74, 6) is 0.984. The Kier molecular flexibility index (Phi) is 8.30. The molecule has 1 aromatic rings. The van der Waals surface area contributed by atoms with Crippen molar-refractivity contribution in [1.82, 2.24) is 14.5 Å². The molecule has 1 aromatic heterocycles. The molecule has 116 valence electrons. The van der Waals surface area contributed by atoms with Crippen molar-refractivity contribution in [3.8, 4) is 0 Å². The minimum Gasteiger partial charge on any atom is -0.385 e. The van der Waals surface area contributed by atoms with Crippen molar-refractivity contribution in [1.29, 1.82) is 0 Å². The monoisotopic (exact) mass is 282 g/mol. The molecule has 0 spiro atoms. The van der Waals surface area contributed by atoms with Gasteiger partial charge in [-0.25, -0.2) is 4.98 Å². The quantitative estimate of drug-likeness (QED) is 0.633. The number of aromatic nitrogens is 2. The van der Waals surface area contributed by atoms with Crippen LogP contribution in [0.3, 0.4) is 0 Å². The first-order valence-electron chi connectivity index (χ1n) is 7.70. The zero-order chi connectivity index (χ0) is 14.8. The summed E-state index contributed by atoms with van der Waals surface area (Å²) < 4.78 is 7.29. The Morgan fingerprint density at radius 2 is 2.05 bits per heavy atom. The van der Waals surface area contributed by atoms with E-state index in [1.165, 1.54) is 0 Å². The number of hydrogen-bond donors (Lipinski definition) is 1. The average molecular weight is 282 g/mol. The third kappa shape index (κ3) is 5.92. The molecule has 0 aromatic carbocycles. The van der Waals surface area contributed by atoms with Crippen LogP contribution in [0.15, 0.2) is 6.20 Å². The Hall–Kier alpha value is -1.07. The molecule has 0 aliphatic heterocycles. The van der Waals surface area contributed by atoms with Crippen LogP contribution < -0.4 is 5.32 Å². The standard InChI is InChI=1S/C15H30N4O/c1-5-18(6-2)10-7-9-16-15-17-14(3)13-19(15)11-8-12-20-4/h13H,5-12H2,1-4H3,(H,16,17). The Bertz CT molecular complexity index is 361. The lowest BCUT2D eigenvalue weighted by atomic mass is 10.3. The van der Waals surface area contributed by atoms with Crippen molar-refractivity contribution in [2.24, 2.45) is 0 Å². The fourth-order valence-corrected chi connectivity index (χ4v) is 2.28. The molecule has 0 unspecified atom stereocenters. The normalized spacial score (nSPS) is 11.2. The average Bonchev–Trinajstić information content (AvgIpc) is 2.79. The van der Waals surface area contributed by atoms with Gasteiger partial charge in [0.2, 0.25) is 5.95 Å². The fraction of sp³-hybridized carbons (Fsp3) is 0.800. The molecule has 5 nitrogen and oxygen atoms in total. The first-order valence-corrected chi connectivity index (χ1v) is 7.70. The second kappa shape index (κ2) is 9.77. The lowest BCUT2D eigenvalue weighted by molar-refractivity contribution is 0.190. The van der Waals surface area contributed by atoms with Gasteiger partial charge >= 0.3 is 0 Å². The van der Waals surface area contributed by atoms with Gasteiger partial charge in [0.05, 0.1) is 5.69 Å². The molecule has 0 radical (unpaired) electrons. The van der Waals surface area contributed by atoms with Crippen LogP contribution in [-0.4, -0.2) is 54.3 Å². The Morgan fingerprint density at radius 3 is 2.70 bits per heavy atom. The van der Waals surface area contributed by atoms with Crippen LogP contribution in [0.5, 0.6) is 0 Å².